The van der Waals surface area contributed by atoms with Crippen molar-refractivity contribution in [1.29, 1.82) is 0 Å². The molecule has 0 fully saturated rings. The van der Waals surface area contributed by atoms with Gasteiger partial charge in [0.15, 0.2) is 11.5 Å². The maximum absolute atomic E-state index is 13.6. The first-order chi connectivity index (χ1) is 20.1. The Balaban J connectivity index is 1.48. The normalized spacial score (nSPS) is 11.4. The van der Waals surface area contributed by atoms with E-state index >= 15 is 0 Å². The van der Waals surface area contributed by atoms with Crippen molar-refractivity contribution in [2.75, 3.05) is 18.0 Å². The van der Waals surface area contributed by atoms with Crippen LogP contribution in [0.15, 0.2) is 99.4 Å². The Morgan fingerprint density at radius 2 is 1.71 bits per heavy atom. The third-order valence-corrected chi connectivity index (χ3v) is 8.59. The highest BCUT2D eigenvalue weighted by Gasteiger charge is 2.27. The molecule has 4 rings (SSSR count). The van der Waals surface area contributed by atoms with Gasteiger partial charge in [-0.15, -0.1) is 0 Å². The molecule has 4 aromatic rings. The number of nitrogens with zero attached hydrogens (tertiary/aromatic N) is 2. The average Bonchev–Trinajstić information content (AvgIpc) is 2.96. The molecule has 0 atom stereocenters. The second-order valence-electron chi connectivity index (χ2n) is 9.04. The highest BCUT2D eigenvalue weighted by atomic mass is 79.9. The van der Waals surface area contributed by atoms with Crippen LogP contribution in [-0.2, 0) is 21.4 Å². The van der Waals surface area contributed by atoms with Gasteiger partial charge in [0.2, 0.25) is 0 Å². The van der Waals surface area contributed by atoms with Crippen LogP contribution in [0.5, 0.6) is 11.5 Å². The molecule has 0 spiro atoms. The lowest BCUT2D eigenvalue weighted by Crippen LogP contribution is -2.39. The van der Waals surface area contributed by atoms with Gasteiger partial charge >= 0.3 is 0 Å². The van der Waals surface area contributed by atoms with Gasteiger partial charge in [-0.1, -0.05) is 41.4 Å². The van der Waals surface area contributed by atoms with E-state index in [2.05, 4.69) is 26.5 Å². The topological polar surface area (TPSA) is 97.3 Å². The van der Waals surface area contributed by atoms with Crippen LogP contribution in [0.3, 0.4) is 0 Å². The molecule has 12 heteroatoms. The number of anilines is 1. The number of benzene rings is 4. The van der Waals surface area contributed by atoms with Crippen LogP contribution in [-0.4, -0.2) is 34.2 Å². The number of hydrogen-bond donors (Lipinski definition) is 1. The Hall–Kier alpha value is -3.93. The number of carbonyl (C=O) groups is 1. The lowest BCUT2D eigenvalue weighted by atomic mass is 10.2. The molecule has 1 N–H and O–H groups in total. The van der Waals surface area contributed by atoms with Crippen LogP contribution in [0.4, 0.5) is 10.1 Å². The van der Waals surface area contributed by atoms with Gasteiger partial charge in [-0.3, -0.25) is 9.10 Å². The number of hydrogen-bond acceptors (Lipinski definition) is 6. The van der Waals surface area contributed by atoms with Gasteiger partial charge < -0.3 is 9.47 Å². The summed E-state index contributed by atoms with van der Waals surface area (Å²) >= 11 is 9.42. The minimum atomic E-state index is -4.15. The molecular formula is C30H26BrClFN3O5S. The Morgan fingerprint density at radius 1 is 1.05 bits per heavy atom. The second-order valence-corrected chi connectivity index (χ2v) is 12.2. The predicted octanol–water partition coefficient (Wildman–Crippen LogP) is 6.48. The number of hydrazone groups is 1. The number of aryl methyl sites for hydroxylation is 1. The molecule has 0 radical (unpaired) electrons. The van der Waals surface area contributed by atoms with Crippen molar-refractivity contribution in [3.63, 3.8) is 0 Å². The summed E-state index contributed by atoms with van der Waals surface area (Å²) in [4.78, 5) is 12.8. The highest BCUT2D eigenvalue weighted by Crippen LogP contribution is 2.37. The van der Waals surface area contributed by atoms with E-state index < -0.39 is 28.3 Å². The predicted molar refractivity (Wildman–Crippen MR) is 164 cm³/mol. The summed E-state index contributed by atoms with van der Waals surface area (Å²) in [7, 11) is -2.65. The summed E-state index contributed by atoms with van der Waals surface area (Å²) in [5.74, 6) is -0.341. The van der Waals surface area contributed by atoms with E-state index in [9.17, 15) is 17.6 Å². The zero-order valence-corrected chi connectivity index (χ0v) is 25.7. The number of rotatable bonds is 11. The first-order valence-electron chi connectivity index (χ1n) is 12.5. The molecule has 0 saturated heterocycles. The molecule has 8 nitrogen and oxygen atoms in total. The zero-order chi connectivity index (χ0) is 30.3. The van der Waals surface area contributed by atoms with E-state index in [0.29, 0.717) is 26.6 Å². The first kappa shape index (κ1) is 31.0. The standard InChI is InChI=1S/C30H26BrClFN3O5S/c1-20-3-13-26(14-4-20)42(38,39)36(25-11-9-24(33)10-12-25)18-29(37)35-34-17-22-15-27(31)30(28(16-22)40-2)41-19-21-5-7-23(32)8-6-21/h3-17H,18-19H2,1-2H3,(H,35,37)/b34-17+. The van der Waals surface area contributed by atoms with E-state index in [1.807, 2.05) is 19.1 Å². The fraction of sp³-hybridized carbons (Fsp3) is 0.133. The minimum absolute atomic E-state index is 0.0101. The number of amides is 1. The molecule has 0 aliphatic carbocycles. The Kier molecular flexibility index (Phi) is 10.2. The van der Waals surface area contributed by atoms with Crippen molar-refractivity contribution in [3.05, 3.63) is 117 Å². The van der Waals surface area contributed by atoms with E-state index in [1.54, 1.807) is 36.4 Å². The summed E-state index contributed by atoms with van der Waals surface area (Å²) in [5.41, 5.74) is 4.84. The summed E-state index contributed by atoms with van der Waals surface area (Å²) in [6.07, 6.45) is 1.38. The maximum atomic E-state index is 13.6. The Morgan fingerprint density at radius 3 is 2.36 bits per heavy atom. The molecule has 0 unspecified atom stereocenters. The number of carbonyl (C=O) groups excluding carboxylic acids is 1. The molecule has 0 aliphatic rings. The molecule has 0 aromatic heterocycles. The summed E-state index contributed by atoms with van der Waals surface area (Å²) < 4.78 is 53.3. The number of nitrogens with one attached hydrogen (secondary N) is 1. The van der Waals surface area contributed by atoms with Gasteiger partial charge in [-0.2, -0.15) is 5.10 Å². The van der Waals surface area contributed by atoms with Crippen LogP contribution in [0.25, 0.3) is 0 Å². The number of ether oxygens (including phenoxy) is 2. The third-order valence-electron chi connectivity index (χ3n) is 5.96. The molecule has 0 saturated carbocycles. The summed E-state index contributed by atoms with van der Waals surface area (Å²) in [6, 6.07) is 21.7. The van der Waals surface area contributed by atoms with Crippen molar-refractivity contribution in [3.8, 4) is 11.5 Å². The average molecular weight is 675 g/mol. The zero-order valence-electron chi connectivity index (χ0n) is 22.6. The lowest BCUT2D eigenvalue weighted by Gasteiger charge is -2.23. The van der Waals surface area contributed by atoms with Crippen molar-refractivity contribution in [1.82, 2.24) is 5.43 Å². The van der Waals surface area contributed by atoms with Gasteiger partial charge in [0.1, 0.15) is 19.0 Å². The lowest BCUT2D eigenvalue weighted by molar-refractivity contribution is -0.119. The minimum Gasteiger partial charge on any atom is -0.493 e. The second kappa shape index (κ2) is 13.8. The maximum Gasteiger partial charge on any atom is 0.264 e. The molecule has 42 heavy (non-hydrogen) atoms. The van der Waals surface area contributed by atoms with E-state index in [1.165, 1.54) is 37.6 Å². The number of halogens is 3. The van der Waals surface area contributed by atoms with Gasteiger partial charge in [0.25, 0.3) is 15.9 Å². The van der Waals surface area contributed by atoms with E-state index in [0.717, 1.165) is 27.6 Å². The van der Waals surface area contributed by atoms with Crippen LogP contribution >= 0.6 is 27.5 Å². The Labute approximate surface area is 256 Å². The molecule has 0 bridgehead atoms. The summed E-state index contributed by atoms with van der Waals surface area (Å²) in [6.45, 7) is 1.52. The van der Waals surface area contributed by atoms with Gasteiger partial charge in [0.05, 0.1) is 28.4 Å². The fourth-order valence-electron chi connectivity index (χ4n) is 3.79. The highest BCUT2D eigenvalue weighted by molar-refractivity contribution is 9.10. The van der Waals surface area contributed by atoms with Crippen molar-refractivity contribution in [2.24, 2.45) is 5.10 Å². The van der Waals surface area contributed by atoms with Crippen molar-refractivity contribution in [2.45, 2.75) is 18.4 Å². The van der Waals surface area contributed by atoms with Gasteiger partial charge in [-0.05, 0) is 94.6 Å². The van der Waals surface area contributed by atoms with Gasteiger partial charge in [-0.25, -0.2) is 18.2 Å². The van der Waals surface area contributed by atoms with Crippen LogP contribution in [0.1, 0.15) is 16.7 Å². The van der Waals surface area contributed by atoms with Crippen molar-refractivity contribution < 1.29 is 27.1 Å². The van der Waals surface area contributed by atoms with Gasteiger partial charge in [0, 0.05) is 5.02 Å². The summed E-state index contributed by atoms with van der Waals surface area (Å²) in [5, 5.41) is 4.61. The SMILES string of the molecule is COc1cc(/C=N/NC(=O)CN(c2ccc(F)cc2)S(=O)(=O)c2ccc(C)cc2)cc(Br)c1OCc1ccc(Cl)cc1. The Bertz CT molecular complexity index is 1680. The van der Waals surface area contributed by atoms with Crippen LogP contribution in [0, 0.1) is 12.7 Å². The largest absolute Gasteiger partial charge is 0.493 e. The fourth-order valence-corrected chi connectivity index (χ4v) is 5.92. The van der Waals surface area contributed by atoms with E-state index in [-0.39, 0.29) is 17.2 Å². The number of sulfonamides is 1. The molecule has 0 aliphatic heterocycles. The third kappa shape index (κ3) is 7.87. The number of methoxy groups -OCH3 is 1. The smallest absolute Gasteiger partial charge is 0.264 e. The molecule has 1 amide bonds. The molecule has 218 valence electrons. The van der Waals surface area contributed by atoms with Crippen LogP contribution < -0.4 is 19.2 Å². The van der Waals surface area contributed by atoms with Crippen LogP contribution in [0.2, 0.25) is 5.02 Å². The first-order valence-corrected chi connectivity index (χ1v) is 15.1. The molecule has 0 heterocycles. The molecule has 4 aromatic carbocycles. The molecular weight excluding hydrogens is 649 g/mol. The quantitative estimate of drug-likeness (QED) is 0.145. The van der Waals surface area contributed by atoms with E-state index in [4.69, 9.17) is 21.1 Å². The van der Waals surface area contributed by atoms with Crippen molar-refractivity contribution >= 4 is 55.4 Å². The monoisotopic (exact) mass is 673 g/mol.